The topological polar surface area (TPSA) is 24.9 Å². The fourth-order valence-corrected chi connectivity index (χ4v) is 2.87. The molecule has 112 valence electrons. The lowest BCUT2D eigenvalue weighted by atomic mass is 10.1. The second-order valence-electron chi connectivity index (χ2n) is 5.23. The molecule has 22 heavy (non-hydrogen) atoms. The van der Waals surface area contributed by atoms with Gasteiger partial charge in [-0.1, -0.05) is 46.9 Å². The molecule has 0 saturated carbocycles. The Morgan fingerprint density at radius 2 is 1.59 bits per heavy atom. The summed E-state index contributed by atoms with van der Waals surface area (Å²) in [6, 6.07) is 11.8. The van der Waals surface area contributed by atoms with E-state index in [1.807, 2.05) is 13.8 Å². The molecule has 3 rings (SSSR count). The number of halogens is 3. The Labute approximate surface area is 144 Å². The van der Waals surface area contributed by atoms with E-state index >= 15 is 0 Å². The third-order valence-electron chi connectivity index (χ3n) is 3.41. The zero-order valence-corrected chi connectivity index (χ0v) is 14.3. The normalized spacial score (nSPS) is 11.0. The molecule has 0 unspecified atom stereocenters. The Balaban J connectivity index is 2.05. The van der Waals surface area contributed by atoms with Gasteiger partial charge in [-0.05, 0) is 49.2 Å². The number of hydrogen-bond donors (Lipinski definition) is 1. The van der Waals surface area contributed by atoms with Gasteiger partial charge in [0.2, 0.25) is 0 Å². The van der Waals surface area contributed by atoms with Crippen molar-refractivity contribution in [1.82, 2.24) is 4.98 Å². The fourth-order valence-electron chi connectivity index (χ4n) is 2.27. The van der Waals surface area contributed by atoms with Crippen molar-refractivity contribution >= 4 is 57.2 Å². The molecule has 1 aromatic heterocycles. The summed E-state index contributed by atoms with van der Waals surface area (Å²) in [5, 5.41) is 5.54. The van der Waals surface area contributed by atoms with Crippen LogP contribution in [-0.2, 0) is 0 Å². The number of hydrogen-bond acceptors (Lipinski definition) is 2. The van der Waals surface area contributed by atoms with Crippen LogP contribution in [0.1, 0.15) is 11.1 Å². The predicted molar refractivity (Wildman–Crippen MR) is 96.0 cm³/mol. The van der Waals surface area contributed by atoms with Crippen LogP contribution < -0.4 is 5.32 Å². The predicted octanol–water partition coefficient (Wildman–Crippen LogP) is 6.56. The van der Waals surface area contributed by atoms with Gasteiger partial charge in [0, 0.05) is 11.1 Å². The average Bonchev–Trinajstić information content (AvgIpc) is 2.46. The third kappa shape index (κ3) is 3.00. The quantitative estimate of drug-likeness (QED) is 0.529. The SMILES string of the molecule is Cc1ccc2cc(C)c(Nc3cc(Cl)c(Cl)c(Cl)c3)nc2c1. The first-order valence-electron chi connectivity index (χ1n) is 6.73. The first-order chi connectivity index (χ1) is 10.4. The summed E-state index contributed by atoms with van der Waals surface area (Å²) in [6.45, 7) is 4.06. The minimum absolute atomic E-state index is 0.354. The van der Waals surface area contributed by atoms with Crippen LogP contribution >= 0.6 is 34.8 Å². The molecule has 3 aromatic rings. The number of pyridine rings is 1. The molecule has 1 N–H and O–H groups in total. The van der Waals surface area contributed by atoms with Gasteiger partial charge in [0.05, 0.1) is 20.6 Å². The number of rotatable bonds is 2. The van der Waals surface area contributed by atoms with Gasteiger partial charge in [-0.3, -0.25) is 0 Å². The molecule has 0 saturated heterocycles. The Bertz CT molecular complexity index is 852. The van der Waals surface area contributed by atoms with Crippen molar-refractivity contribution in [2.75, 3.05) is 5.32 Å². The van der Waals surface area contributed by atoms with E-state index < -0.39 is 0 Å². The average molecular weight is 352 g/mol. The number of benzene rings is 2. The van der Waals surface area contributed by atoms with Gasteiger partial charge in [0.1, 0.15) is 5.82 Å². The van der Waals surface area contributed by atoms with Gasteiger partial charge in [-0.25, -0.2) is 4.98 Å². The second kappa shape index (κ2) is 5.96. The van der Waals surface area contributed by atoms with E-state index in [0.29, 0.717) is 15.1 Å². The van der Waals surface area contributed by atoms with E-state index in [2.05, 4.69) is 34.6 Å². The molecule has 2 aromatic carbocycles. The molecule has 0 aliphatic rings. The molecule has 0 atom stereocenters. The van der Waals surface area contributed by atoms with Crippen LogP contribution in [-0.4, -0.2) is 4.98 Å². The zero-order chi connectivity index (χ0) is 15.9. The van der Waals surface area contributed by atoms with E-state index in [4.69, 9.17) is 34.8 Å². The monoisotopic (exact) mass is 350 g/mol. The maximum atomic E-state index is 6.06. The van der Waals surface area contributed by atoms with Crippen LogP contribution in [0.2, 0.25) is 15.1 Å². The van der Waals surface area contributed by atoms with Crippen LogP contribution in [0.3, 0.4) is 0 Å². The highest BCUT2D eigenvalue weighted by atomic mass is 35.5. The highest BCUT2D eigenvalue weighted by Gasteiger charge is 2.09. The maximum Gasteiger partial charge on any atom is 0.134 e. The highest BCUT2D eigenvalue weighted by Crippen LogP contribution is 2.34. The summed E-state index contributed by atoms with van der Waals surface area (Å²) in [4.78, 5) is 4.68. The molecule has 5 heteroatoms. The van der Waals surface area contributed by atoms with Crippen molar-refractivity contribution in [2.24, 2.45) is 0 Å². The minimum Gasteiger partial charge on any atom is -0.340 e. The summed E-state index contributed by atoms with van der Waals surface area (Å²) >= 11 is 18.1. The van der Waals surface area contributed by atoms with Gasteiger partial charge >= 0.3 is 0 Å². The van der Waals surface area contributed by atoms with Crippen molar-refractivity contribution in [3.63, 3.8) is 0 Å². The number of aryl methyl sites for hydroxylation is 2. The van der Waals surface area contributed by atoms with Crippen LogP contribution in [0.4, 0.5) is 11.5 Å². The summed E-state index contributed by atoms with van der Waals surface area (Å²) in [5.41, 5.74) is 3.91. The minimum atomic E-state index is 0.354. The molecular formula is C17H13Cl3N2. The van der Waals surface area contributed by atoms with Crippen LogP contribution in [0.5, 0.6) is 0 Å². The molecule has 1 heterocycles. The summed E-state index contributed by atoms with van der Waals surface area (Å²) < 4.78 is 0. The molecule has 0 radical (unpaired) electrons. The van der Waals surface area contributed by atoms with Gasteiger partial charge < -0.3 is 5.32 Å². The fraction of sp³-hybridized carbons (Fsp3) is 0.118. The van der Waals surface area contributed by atoms with Crippen molar-refractivity contribution < 1.29 is 0 Å². The smallest absolute Gasteiger partial charge is 0.134 e. The first-order valence-corrected chi connectivity index (χ1v) is 7.87. The van der Waals surface area contributed by atoms with Gasteiger partial charge in [-0.15, -0.1) is 0 Å². The zero-order valence-electron chi connectivity index (χ0n) is 12.0. The van der Waals surface area contributed by atoms with E-state index in [0.717, 1.165) is 28.0 Å². The van der Waals surface area contributed by atoms with Crippen molar-refractivity contribution in [2.45, 2.75) is 13.8 Å². The third-order valence-corrected chi connectivity index (χ3v) is 4.61. The number of nitrogens with zero attached hydrogens (tertiary/aromatic N) is 1. The van der Waals surface area contributed by atoms with E-state index in [1.54, 1.807) is 12.1 Å². The maximum absolute atomic E-state index is 6.06. The van der Waals surface area contributed by atoms with Crippen molar-refractivity contribution in [3.8, 4) is 0 Å². The first kappa shape index (κ1) is 15.4. The number of fused-ring (bicyclic) bond motifs is 1. The number of anilines is 2. The molecule has 0 fully saturated rings. The van der Waals surface area contributed by atoms with Crippen molar-refractivity contribution in [3.05, 3.63) is 62.6 Å². The van der Waals surface area contributed by atoms with E-state index in [9.17, 15) is 0 Å². The molecule has 0 amide bonds. The van der Waals surface area contributed by atoms with Gasteiger partial charge in [-0.2, -0.15) is 0 Å². The lowest BCUT2D eigenvalue weighted by Crippen LogP contribution is -1.97. The highest BCUT2D eigenvalue weighted by molar-refractivity contribution is 6.48. The Morgan fingerprint density at radius 1 is 0.909 bits per heavy atom. The number of nitrogens with one attached hydrogen (secondary N) is 1. The van der Waals surface area contributed by atoms with E-state index in [1.165, 1.54) is 5.56 Å². The molecule has 0 aliphatic heterocycles. The molecule has 0 spiro atoms. The molecule has 0 bridgehead atoms. The summed E-state index contributed by atoms with van der Waals surface area (Å²) in [6.07, 6.45) is 0. The van der Waals surface area contributed by atoms with Gasteiger partial charge in [0.25, 0.3) is 0 Å². The van der Waals surface area contributed by atoms with Crippen LogP contribution in [0.15, 0.2) is 36.4 Å². The standard InChI is InChI=1S/C17H13Cl3N2/c1-9-3-4-11-6-10(2)17(22-15(11)5-9)21-12-7-13(18)16(20)14(19)8-12/h3-8H,1-2H3,(H,21,22). The van der Waals surface area contributed by atoms with Crippen molar-refractivity contribution in [1.29, 1.82) is 0 Å². The second-order valence-corrected chi connectivity index (χ2v) is 6.42. The summed E-state index contributed by atoms with van der Waals surface area (Å²) in [5.74, 6) is 0.771. The van der Waals surface area contributed by atoms with E-state index in [-0.39, 0.29) is 0 Å². The lowest BCUT2D eigenvalue weighted by molar-refractivity contribution is 1.30. The molecule has 2 nitrogen and oxygen atoms in total. The van der Waals surface area contributed by atoms with Gasteiger partial charge in [0.15, 0.2) is 0 Å². The molecule has 0 aliphatic carbocycles. The number of aromatic nitrogens is 1. The lowest BCUT2D eigenvalue weighted by Gasteiger charge is -2.12. The van der Waals surface area contributed by atoms with Crippen LogP contribution in [0, 0.1) is 13.8 Å². The van der Waals surface area contributed by atoms with Crippen LogP contribution in [0.25, 0.3) is 10.9 Å². The molecular weight excluding hydrogens is 339 g/mol. The summed E-state index contributed by atoms with van der Waals surface area (Å²) in [7, 11) is 0. The Morgan fingerprint density at radius 3 is 2.27 bits per heavy atom. The Hall–Kier alpha value is -1.48. The largest absolute Gasteiger partial charge is 0.340 e. The Kier molecular flexibility index (Phi) is 4.18.